The van der Waals surface area contributed by atoms with Crippen LogP contribution >= 0.6 is 0 Å². The summed E-state index contributed by atoms with van der Waals surface area (Å²) in [5, 5.41) is 20.3. The molecule has 17 heavy (non-hydrogen) atoms. The van der Waals surface area contributed by atoms with E-state index in [1.165, 1.54) is 0 Å². The Morgan fingerprint density at radius 2 is 1.94 bits per heavy atom. The number of carbonyl (C=O) groups is 2. The molecule has 0 fully saturated rings. The van der Waals surface area contributed by atoms with Crippen molar-refractivity contribution in [2.24, 2.45) is 0 Å². The Kier molecular flexibility index (Phi) is 4.09. The van der Waals surface area contributed by atoms with Crippen LogP contribution < -0.4 is 5.32 Å². The predicted octanol–water partition coefficient (Wildman–Crippen LogP) is 1.64. The van der Waals surface area contributed by atoms with Gasteiger partial charge in [0.1, 0.15) is 6.04 Å². The molecule has 1 rings (SSSR count). The lowest BCUT2D eigenvalue weighted by Crippen LogP contribution is -2.32. The topological polar surface area (TPSA) is 86.6 Å². The first-order valence-corrected chi connectivity index (χ1v) is 5.18. The number of benzene rings is 1. The minimum Gasteiger partial charge on any atom is -0.481 e. The molecule has 0 heterocycles. The molecule has 0 aromatic heterocycles. The maximum Gasteiger partial charge on any atom is 0.326 e. The van der Waals surface area contributed by atoms with E-state index in [0.717, 1.165) is 11.1 Å². The molecule has 0 spiro atoms. The molecule has 0 radical (unpaired) electrons. The highest BCUT2D eigenvalue weighted by Crippen LogP contribution is 2.18. The fourth-order valence-electron chi connectivity index (χ4n) is 1.45. The monoisotopic (exact) mass is 237 g/mol. The van der Waals surface area contributed by atoms with Crippen LogP contribution in [0.15, 0.2) is 18.2 Å². The zero-order chi connectivity index (χ0) is 13.0. The van der Waals surface area contributed by atoms with Crippen LogP contribution in [0.4, 0.5) is 5.69 Å². The maximum atomic E-state index is 10.9. The van der Waals surface area contributed by atoms with Crippen molar-refractivity contribution in [1.29, 1.82) is 0 Å². The van der Waals surface area contributed by atoms with E-state index in [1.54, 1.807) is 6.07 Å². The van der Waals surface area contributed by atoms with Gasteiger partial charge in [0, 0.05) is 5.69 Å². The first-order chi connectivity index (χ1) is 7.90. The van der Waals surface area contributed by atoms with Crippen molar-refractivity contribution in [3.63, 3.8) is 0 Å². The third kappa shape index (κ3) is 3.79. The van der Waals surface area contributed by atoms with E-state index < -0.39 is 24.4 Å². The largest absolute Gasteiger partial charge is 0.481 e. The van der Waals surface area contributed by atoms with Gasteiger partial charge in [-0.05, 0) is 31.0 Å². The van der Waals surface area contributed by atoms with Gasteiger partial charge in [0.05, 0.1) is 6.42 Å². The summed E-state index contributed by atoms with van der Waals surface area (Å²) >= 11 is 0. The molecule has 0 saturated carbocycles. The summed E-state index contributed by atoms with van der Waals surface area (Å²) in [6.07, 6.45) is -0.456. The summed E-state index contributed by atoms with van der Waals surface area (Å²) in [7, 11) is 0. The molecule has 0 amide bonds. The van der Waals surface area contributed by atoms with Crippen LogP contribution in [0.5, 0.6) is 0 Å². The Bertz CT molecular complexity index is 442. The van der Waals surface area contributed by atoms with Crippen molar-refractivity contribution in [1.82, 2.24) is 0 Å². The van der Waals surface area contributed by atoms with Gasteiger partial charge < -0.3 is 15.5 Å². The number of aryl methyl sites for hydroxylation is 2. The molecule has 3 N–H and O–H groups in total. The first-order valence-electron chi connectivity index (χ1n) is 5.18. The molecule has 0 aliphatic heterocycles. The molecule has 0 aliphatic rings. The number of hydrogen-bond donors (Lipinski definition) is 3. The predicted molar refractivity (Wildman–Crippen MR) is 63.2 cm³/mol. The van der Waals surface area contributed by atoms with Gasteiger partial charge in [-0.25, -0.2) is 4.79 Å². The highest BCUT2D eigenvalue weighted by atomic mass is 16.4. The average molecular weight is 237 g/mol. The lowest BCUT2D eigenvalue weighted by molar-refractivity contribution is -0.144. The van der Waals surface area contributed by atoms with Crippen LogP contribution in [-0.4, -0.2) is 28.2 Å². The van der Waals surface area contributed by atoms with Gasteiger partial charge in [-0.2, -0.15) is 0 Å². The summed E-state index contributed by atoms with van der Waals surface area (Å²) in [5.74, 6) is -2.32. The van der Waals surface area contributed by atoms with E-state index in [2.05, 4.69) is 5.32 Å². The molecule has 1 atom stereocenters. The third-order valence-electron chi connectivity index (χ3n) is 2.40. The Morgan fingerprint density at radius 1 is 1.29 bits per heavy atom. The summed E-state index contributed by atoms with van der Waals surface area (Å²) in [6, 6.07) is 4.45. The minimum absolute atomic E-state index is 0.456. The van der Waals surface area contributed by atoms with Gasteiger partial charge in [0.2, 0.25) is 0 Å². The normalized spacial score (nSPS) is 11.9. The summed E-state index contributed by atoms with van der Waals surface area (Å²) in [5.41, 5.74) is 2.52. The maximum absolute atomic E-state index is 10.9. The molecular weight excluding hydrogens is 222 g/mol. The van der Waals surface area contributed by atoms with Crippen LogP contribution in [0.1, 0.15) is 17.5 Å². The number of hydrogen-bond acceptors (Lipinski definition) is 3. The molecule has 5 heteroatoms. The fourth-order valence-corrected chi connectivity index (χ4v) is 1.45. The Balaban J connectivity index is 2.89. The standard InChI is InChI=1S/C12H15NO4/c1-7-3-4-8(2)9(5-7)13-10(12(16)17)6-11(14)15/h3-5,10,13H,6H2,1-2H3,(H,14,15)(H,16,17). The zero-order valence-electron chi connectivity index (χ0n) is 9.73. The van der Waals surface area contributed by atoms with Crippen molar-refractivity contribution >= 4 is 17.6 Å². The summed E-state index contributed by atoms with van der Waals surface area (Å²) in [4.78, 5) is 21.5. The Labute approximate surface area is 99.1 Å². The van der Waals surface area contributed by atoms with E-state index in [1.807, 2.05) is 26.0 Å². The molecule has 1 aromatic carbocycles. The van der Waals surface area contributed by atoms with E-state index in [0.29, 0.717) is 5.69 Å². The number of nitrogens with one attached hydrogen (secondary N) is 1. The average Bonchev–Trinajstić information content (AvgIpc) is 2.21. The van der Waals surface area contributed by atoms with Gasteiger partial charge in [-0.15, -0.1) is 0 Å². The molecule has 0 aliphatic carbocycles. The number of carboxylic acids is 2. The zero-order valence-corrected chi connectivity index (χ0v) is 9.73. The first kappa shape index (κ1) is 13.0. The SMILES string of the molecule is Cc1ccc(C)c(NC(CC(=O)O)C(=O)O)c1. The van der Waals surface area contributed by atoms with Gasteiger partial charge in [-0.1, -0.05) is 12.1 Å². The second-order valence-electron chi connectivity index (χ2n) is 3.95. The van der Waals surface area contributed by atoms with Crippen LogP contribution in [0.3, 0.4) is 0 Å². The highest BCUT2D eigenvalue weighted by Gasteiger charge is 2.21. The van der Waals surface area contributed by atoms with Crippen LogP contribution in [0, 0.1) is 13.8 Å². The van der Waals surface area contributed by atoms with Crippen LogP contribution in [0.25, 0.3) is 0 Å². The molecule has 0 bridgehead atoms. The number of rotatable bonds is 5. The second kappa shape index (κ2) is 5.34. The third-order valence-corrected chi connectivity index (χ3v) is 2.40. The minimum atomic E-state index is -1.17. The van der Waals surface area contributed by atoms with Gasteiger partial charge >= 0.3 is 11.9 Å². The van der Waals surface area contributed by atoms with Gasteiger partial charge in [-0.3, -0.25) is 4.79 Å². The molecular formula is C12H15NO4. The number of carboxylic acid groups (broad SMARTS) is 2. The summed E-state index contributed by atoms with van der Waals surface area (Å²) < 4.78 is 0. The highest BCUT2D eigenvalue weighted by molar-refractivity contribution is 5.83. The van der Waals surface area contributed by atoms with E-state index >= 15 is 0 Å². The quantitative estimate of drug-likeness (QED) is 0.724. The number of anilines is 1. The lowest BCUT2D eigenvalue weighted by Gasteiger charge is -2.16. The molecule has 5 nitrogen and oxygen atoms in total. The number of aliphatic carboxylic acids is 2. The van der Waals surface area contributed by atoms with Gasteiger partial charge in [0.15, 0.2) is 0 Å². The fraction of sp³-hybridized carbons (Fsp3) is 0.333. The summed E-state index contributed by atoms with van der Waals surface area (Å²) in [6.45, 7) is 3.72. The van der Waals surface area contributed by atoms with Crippen LogP contribution in [-0.2, 0) is 9.59 Å². The van der Waals surface area contributed by atoms with Crippen molar-refractivity contribution in [3.05, 3.63) is 29.3 Å². The molecule has 92 valence electrons. The van der Waals surface area contributed by atoms with Crippen molar-refractivity contribution in [2.75, 3.05) is 5.32 Å². The Morgan fingerprint density at radius 3 is 2.47 bits per heavy atom. The van der Waals surface area contributed by atoms with Gasteiger partial charge in [0.25, 0.3) is 0 Å². The van der Waals surface area contributed by atoms with E-state index in [-0.39, 0.29) is 0 Å². The molecule has 1 unspecified atom stereocenters. The van der Waals surface area contributed by atoms with Crippen molar-refractivity contribution < 1.29 is 19.8 Å². The molecule has 1 aromatic rings. The smallest absolute Gasteiger partial charge is 0.326 e. The van der Waals surface area contributed by atoms with E-state index in [4.69, 9.17) is 10.2 Å². The second-order valence-corrected chi connectivity index (χ2v) is 3.95. The van der Waals surface area contributed by atoms with Crippen molar-refractivity contribution in [3.8, 4) is 0 Å². The lowest BCUT2D eigenvalue weighted by atomic mass is 10.1. The van der Waals surface area contributed by atoms with E-state index in [9.17, 15) is 9.59 Å². The Hall–Kier alpha value is -2.04. The van der Waals surface area contributed by atoms with Crippen molar-refractivity contribution in [2.45, 2.75) is 26.3 Å². The molecule has 0 saturated heterocycles. The van der Waals surface area contributed by atoms with Crippen LogP contribution in [0.2, 0.25) is 0 Å².